The molecule has 1 atom stereocenters. The van der Waals surface area contributed by atoms with Crippen molar-refractivity contribution in [1.29, 1.82) is 0 Å². The summed E-state index contributed by atoms with van der Waals surface area (Å²) < 4.78 is 13.8. The largest absolute Gasteiger partial charge is 0.311 e. The molecule has 1 aliphatic heterocycles. The summed E-state index contributed by atoms with van der Waals surface area (Å²) in [5, 5.41) is 3.46. The predicted octanol–water partition coefficient (Wildman–Crippen LogP) is 1.92. The van der Waals surface area contributed by atoms with Crippen LogP contribution in [0.25, 0.3) is 0 Å². The second kappa shape index (κ2) is 6.79. The molecule has 0 bridgehead atoms. The summed E-state index contributed by atoms with van der Waals surface area (Å²) in [5.74, 6) is -0.204. The summed E-state index contributed by atoms with van der Waals surface area (Å²) in [6.07, 6.45) is 0. The Labute approximate surface area is 122 Å². The minimum atomic E-state index is -0.204. The Morgan fingerprint density at radius 1 is 1.37 bits per heavy atom. The molecule has 1 heterocycles. The van der Waals surface area contributed by atoms with Gasteiger partial charge in [0.25, 0.3) is 0 Å². The van der Waals surface area contributed by atoms with Gasteiger partial charge in [0.05, 0.1) is 0 Å². The van der Waals surface area contributed by atoms with Crippen LogP contribution < -0.4 is 5.32 Å². The molecule has 0 saturated carbocycles. The lowest BCUT2D eigenvalue weighted by Gasteiger charge is -2.37. The van der Waals surface area contributed by atoms with Crippen molar-refractivity contribution in [3.8, 4) is 0 Å². The van der Waals surface area contributed by atoms with Gasteiger partial charge in [-0.2, -0.15) is 0 Å². The fraction of sp³-hybridized carbons (Fsp3) is 0.571. The first-order chi connectivity index (χ1) is 9.06. The van der Waals surface area contributed by atoms with E-state index in [-0.39, 0.29) is 5.82 Å². The molecule has 1 aliphatic rings. The van der Waals surface area contributed by atoms with Gasteiger partial charge in [0.15, 0.2) is 0 Å². The van der Waals surface area contributed by atoms with Crippen LogP contribution in [-0.2, 0) is 6.54 Å². The Morgan fingerprint density at radius 2 is 2.16 bits per heavy atom. The van der Waals surface area contributed by atoms with Crippen molar-refractivity contribution < 1.29 is 4.39 Å². The van der Waals surface area contributed by atoms with Gasteiger partial charge >= 0.3 is 0 Å². The second-order valence-electron chi connectivity index (χ2n) is 5.26. The third kappa shape index (κ3) is 4.24. The molecular weight excluding hydrogens is 309 g/mol. The molecule has 0 aliphatic carbocycles. The van der Waals surface area contributed by atoms with E-state index in [0.29, 0.717) is 6.04 Å². The van der Waals surface area contributed by atoms with Crippen LogP contribution in [0.2, 0.25) is 0 Å². The van der Waals surface area contributed by atoms with Gasteiger partial charge in [-0.15, -0.1) is 0 Å². The highest BCUT2D eigenvalue weighted by molar-refractivity contribution is 9.10. The van der Waals surface area contributed by atoms with Gasteiger partial charge in [0, 0.05) is 43.2 Å². The number of nitrogens with one attached hydrogen (secondary N) is 1. The average molecular weight is 330 g/mol. The van der Waals surface area contributed by atoms with E-state index in [9.17, 15) is 4.39 Å². The van der Waals surface area contributed by atoms with Crippen LogP contribution in [0.3, 0.4) is 0 Å². The third-order valence-corrected chi connectivity index (χ3v) is 4.43. The van der Waals surface area contributed by atoms with E-state index < -0.39 is 0 Å². The van der Waals surface area contributed by atoms with Crippen LogP contribution in [0.5, 0.6) is 0 Å². The maximum absolute atomic E-state index is 13.0. The molecule has 1 N–H and O–H groups in total. The Hall–Kier alpha value is -0.490. The molecule has 1 saturated heterocycles. The van der Waals surface area contributed by atoms with Crippen molar-refractivity contribution >= 4 is 15.9 Å². The lowest BCUT2D eigenvalue weighted by Crippen LogP contribution is -2.53. The smallest absolute Gasteiger partial charge is 0.124 e. The molecule has 0 radical (unpaired) electrons. The minimum Gasteiger partial charge on any atom is -0.311 e. The maximum Gasteiger partial charge on any atom is 0.124 e. The zero-order valence-electron chi connectivity index (χ0n) is 11.5. The highest BCUT2D eigenvalue weighted by atomic mass is 79.9. The number of likely N-dealkylation sites (N-methyl/N-ethyl adjacent to an activating group) is 2. The maximum atomic E-state index is 13.0. The van der Waals surface area contributed by atoms with E-state index in [0.717, 1.165) is 42.8 Å². The van der Waals surface area contributed by atoms with Crippen LogP contribution in [0, 0.1) is 5.82 Å². The average Bonchev–Trinajstić information content (AvgIpc) is 2.36. The highest BCUT2D eigenvalue weighted by Gasteiger charge is 2.21. The zero-order chi connectivity index (χ0) is 13.8. The fourth-order valence-electron chi connectivity index (χ4n) is 2.36. The van der Waals surface area contributed by atoms with Crippen LogP contribution in [0.4, 0.5) is 4.39 Å². The Kier molecular flexibility index (Phi) is 5.33. The molecule has 106 valence electrons. The number of hydrogen-bond donors (Lipinski definition) is 1. The zero-order valence-corrected chi connectivity index (χ0v) is 13.1. The van der Waals surface area contributed by atoms with Gasteiger partial charge in [-0.05, 0) is 31.8 Å². The second-order valence-corrected chi connectivity index (χ2v) is 6.12. The molecule has 2 rings (SSSR count). The molecule has 0 spiro atoms. The summed E-state index contributed by atoms with van der Waals surface area (Å²) in [6.45, 7) is 5.05. The normalized spacial score (nSPS) is 21.8. The molecular formula is C14H21BrFN3. The highest BCUT2D eigenvalue weighted by Crippen LogP contribution is 2.17. The number of benzene rings is 1. The quantitative estimate of drug-likeness (QED) is 0.910. The van der Waals surface area contributed by atoms with E-state index >= 15 is 0 Å². The van der Waals surface area contributed by atoms with E-state index in [4.69, 9.17) is 0 Å². The van der Waals surface area contributed by atoms with E-state index in [1.165, 1.54) is 12.1 Å². The van der Waals surface area contributed by atoms with E-state index in [2.05, 4.69) is 45.1 Å². The molecule has 1 aromatic carbocycles. The summed E-state index contributed by atoms with van der Waals surface area (Å²) in [7, 11) is 4.34. The number of rotatable bonds is 4. The predicted molar refractivity (Wildman–Crippen MR) is 79.7 cm³/mol. The Bertz CT molecular complexity index is 427. The SMILES string of the molecule is CN1CCN(C)C(CNCc2ccc(F)cc2Br)C1. The fourth-order valence-corrected chi connectivity index (χ4v) is 2.85. The van der Waals surface area contributed by atoms with Gasteiger partial charge in [0.1, 0.15) is 5.82 Å². The number of halogens is 2. The van der Waals surface area contributed by atoms with E-state index in [1.807, 2.05) is 6.07 Å². The number of piperazine rings is 1. The number of hydrogen-bond acceptors (Lipinski definition) is 3. The monoisotopic (exact) mass is 329 g/mol. The Balaban J connectivity index is 1.82. The molecule has 0 aromatic heterocycles. The lowest BCUT2D eigenvalue weighted by atomic mass is 10.1. The summed E-state index contributed by atoms with van der Waals surface area (Å²) >= 11 is 3.40. The molecule has 5 heteroatoms. The molecule has 0 amide bonds. The van der Waals surface area contributed by atoms with Crippen LogP contribution in [0.1, 0.15) is 5.56 Å². The lowest BCUT2D eigenvalue weighted by molar-refractivity contribution is 0.113. The summed E-state index contributed by atoms with van der Waals surface area (Å²) in [4.78, 5) is 4.76. The van der Waals surface area contributed by atoms with Crippen molar-refractivity contribution in [3.05, 3.63) is 34.1 Å². The van der Waals surface area contributed by atoms with Crippen LogP contribution in [-0.4, -0.2) is 56.1 Å². The molecule has 1 fully saturated rings. The minimum absolute atomic E-state index is 0.204. The topological polar surface area (TPSA) is 18.5 Å². The van der Waals surface area contributed by atoms with Gasteiger partial charge < -0.3 is 10.2 Å². The van der Waals surface area contributed by atoms with Crippen molar-refractivity contribution in [3.63, 3.8) is 0 Å². The Morgan fingerprint density at radius 3 is 2.89 bits per heavy atom. The van der Waals surface area contributed by atoms with Crippen molar-refractivity contribution in [2.75, 3.05) is 40.3 Å². The van der Waals surface area contributed by atoms with Gasteiger partial charge in [-0.3, -0.25) is 4.90 Å². The molecule has 19 heavy (non-hydrogen) atoms. The standard InChI is InChI=1S/C14H21BrFN3/c1-18-5-6-19(2)13(10-18)9-17-8-11-3-4-12(16)7-14(11)15/h3-4,7,13,17H,5-6,8-10H2,1-2H3. The molecule has 1 unspecified atom stereocenters. The first-order valence-electron chi connectivity index (χ1n) is 6.59. The van der Waals surface area contributed by atoms with Gasteiger partial charge in [-0.25, -0.2) is 4.39 Å². The van der Waals surface area contributed by atoms with Gasteiger partial charge in [-0.1, -0.05) is 22.0 Å². The van der Waals surface area contributed by atoms with Crippen LogP contribution >= 0.6 is 15.9 Å². The van der Waals surface area contributed by atoms with Crippen molar-refractivity contribution in [1.82, 2.24) is 15.1 Å². The number of nitrogens with zero attached hydrogens (tertiary/aromatic N) is 2. The summed E-state index contributed by atoms with van der Waals surface area (Å²) in [5.41, 5.74) is 1.09. The van der Waals surface area contributed by atoms with E-state index in [1.54, 1.807) is 0 Å². The van der Waals surface area contributed by atoms with Crippen molar-refractivity contribution in [2.24, 2.45) is 0 Å². The van der Waals surface area contributed by atoms with Crippen molar-refractivity contribution in [2.45, 2.75) is 12.6 Å². The molecule has 1 aromatic rings. The van der Waals surface area contributed by atoms with Gasteiger partial charge in [0.2, 0.25) is 0 Å². The molecule has 3 nitrogen and oxygen atoms in total. The first kappa shape index (κ1) is 14.9. The van der Waals surface area contributed by atoms with Crippen LogP contribution in [0.15, 0.2) is 22.7 Å². The summed E-state index contributed by atoms with van der Waals surface area (Å²) in [6, 6.07) is 5.38. The third-order valence-electron chi connectivity index (χ3n) is 3.69. The first-order valence-corrected chi connectivity index (χ1v) is 7.39.